The number of hydrogen-bond acceptors (Lipinski definition) is 3. The van der Waals surface area contributed by atoms with Crippen molar-refractivity contribution in [3.63, 3.8) is 0 Å². The van der Waals surface area contributed by atoms with Gasteiger partial charge in [0.1, 0.15) is 0 Å². The molecule has 0 saturated heterocycles. The van der Waals surface area contributed by atoms with Gasteiger partial charge in [-0.25, -0.2) is 4.79 Å². The van der Waals surface area contributed by atoms with E-state index < -0.39 is 0 Å². The van der Waals surface area contributed by atoms with Crippen LogP contribution in [0, 0.1) is 0 Å². The molecular formula is C18H29N3O2. The summed E-state index contributed by atoms with van der Waals surface area (Å²) in [5, 5.41) is 12.8. The lowest BCUT2D eigenvalue weighted by atomic mass is 9.93. The van der Waals surface area contributed by atoms with E-state index >= 15 is 0 Å². The van der Waals surface area contributed by atoms with Crippen LogP contribution in [0.15, 0.2) is 24.3 Å². The monoisotopic (exact) mass is 319 g/mol. The molecule has 0 saturated carbocycles. The molecule has 1 heterocycles. The highest BCUT2D eigenvalue weighted by Gasteiger charge is 2.29. The second-order valence-electron chi connectivity index (χ2n) is 6.29. The van der Waals surface area contributed by atoms with Crippen LogP contribution in [0.3, 0.4) is 0 Å². The van der Waals surface area contributed by atoms with Gasteiger partial charge in [-0.3, -0.25) is 4.90 Å². The van der Waals surface area contributed by atoms with Gasteiger partial charge in [-0.05, 0) is 37.9 Å². The predicted octanol–water partition coefficient (Wildman–Crippen LogP) is 2.02. The first kappa shape index (κ1) is 17.8. The zero-order valence-corrected chi connectivity index (χ0v) is 14.5. The van der Waals surface area contributed by atoms with Gasteiger partial charge in [-0.2, -0.15) is 0 Å². The topological polar surface area (TPSA) is 55.8 Å². The molecule has 1 unspecified atom stereocenters. The van der Waals surface area contributed by atoms with Crippen LogP contribution in [0.1, 0.15) is 37.9 Å². The highest BCUT2D eigenvalue weighted by atomic mass is 16.3. The van der Waals surface area contributed by atoms with Gasteiger partial charge in [-0.15, -0.1) is 0 Å². The van der Waals surface area contributed by atoms with E-state index in [1.165, 1.54) is 5.56 Å². The normalized spacial score (nSPS) is 17.5. The van der Waals surface area contributed by atoms with E-state index in [1.54, 1.807) is 4.90 Å². The van der Waals surface area contributed by atoms with Crippen LogP contribution in [0.2, 0.25) is 0 Å². The molecule has 5 heteroatoms. The number of fused-ring (bicyclic) bond motifs is 1. The number of urea groups is 1. The van der Waals surface area contributed by atoms with Crippen molar-refractivity contribution >= 4 is 6.03 Å². The number of carbonyl (C=O) groups is 1. The van der Waals surface area contributed by atoms with Gasteiger partial charge in [0.25, 0.3) is 0 Å². The van der Waals surface area contributed by atoms with Crippen molar-refractivity contribution in [2.45, 2.75) is 39.3 Å². The fraction of sp³-hybridized carbons (Fsp3) is 0.611. The number of aliphatic hydroxyl groups is 1. The molecule has 0 aromatic heterocycles. The standard InChI is InChI=1S/C18H29N3O2/c1-4-20(14(2)3)12-10-19-18(23)21-11-9-15-7-5-6-8-16(15)17(21)13-22/h5-8,14,17,22H,4,9-13H2,1-3H3,(H,19,23). The molecule has 1 aliphatic rings. The predicted molar refractivity (Wildman–Crippen MR) is 92.5 cm³/mol. The minimum Gasteiger partial charge on any atom is -0.394 e. The Bertz CT molecular complexity index is 519. The van der Waals surface area contributed by atoms with Crippen LogP contribution in [-0.4, -0.2) is 59.8 Å². The average Bonchev–Trinajstić information content (AvgIpc) is 2.57. The molecule has 1 aliphatic heterocycles. The zero-order valence-electron chi connectivity index (χ0n) is 14.5. The molecule has 0 bridgehead atoms. The third-order valence-corrected chi connectivity index (χ3v) is 4.66. The van der Waals surface area contributed by atoms with Gasteiger partial charge in [0, 0.05) is 25.7 Å². The molecule has 1 aromatic rings. The molecule has 2 amide bonds. The van der Waals surface area contributed by atoms with Crippen molar-refractivity contribution in [3.8, 4) is 0 Å². The molecule has 1 aromatic carbocycles. The molecule has 128 valence electrons. The highest BCUT2D eigenvalue weighted by molar-refractivity contribution is 5.75. The summed E-state index contributed by atoms with van der Waals surface area (Å²) >= 11 is 0. The third-order valence-electron chi connectivity index (χ3n) is 4.66. The SMILES string of the molecule is CCN(CCNC(=O)N1CCc2ccccc2C1CO)C(C)C. The van der Waals surface area contributed by atoms with Gasteiger partial charge in [0.2, 0.25) is 0 Å². The van der Waals surface area contributed by atoms with E-state index in [0.717, 1.165) is 25.1 Å². The van der Waals surface area contributed by atoms with Crippen LogP contribution >= 0.6 is 0 Å². The van der Waals surface area contributed by atoms with E-state index in [0.29, 0.717) is 19.1 Å². The van der Waals surface area contributed by atoms with E-state index in [9.17, 15) is 9.90 Å². The van der Waals surface area contributed by atoms with Gasteiger partial charge in [0.15, 0.2) is 0 Å². The number of nitrogens with zero attached hydrogens (tertiary/aromatic N) is 2. The van der Waals surface area contributed by atoms with Crippen LogP contribution in [-0.2, 0) is 6.42 Å². The summed E-state index contributed by atoms with van der Waals surface area (Å²) in [5.74, 6) is 0. The second-order valence-corrected chi connectivity index (χ2v) is 6.29. The van der Waals surface area contributed by atoms with E-state index in [4.69, 9.17) is 0 Å². The summed E-state index contributed by atoms with van der Waals surface area (Å²) in [7, 11) is 0. The number of benzene rings is 1. The second kappa shape index (κ2) is 8.31. The minimum absolute atomic E-state index is 0.0441. The summed E-state index contributed by atoms with van der Waals surface area (Å²) in [6.07, 6.45) is 0.840. The van der Waals surface area contributed by atoms with Crippen LogP contribution in [0.4, 0.5) is 4.79 Å². The number of nitrogens with one attached hydrogen (secondary N) is 1. The van der Waals surface area contributed by atoms with E-state index in [1.807, 2.05) is 18.2 Å². The molecule has 2 rings (SSSR count). The number of rotatable bonds is 6. The first-order valence-corrected chi connectivity index (χ1v) is 8.55. The molecule has 0 fully saturated rings. The van der Waals surface area contributed by atoms with Gasteiger partial charge < -0.3 is 15.3 Å². The van der Waals surface area contributed by atoms with E-state index in [-0.39, 0.29) is 18.7 Å². The molecule has 23 heavy (non-hydrogen) atoms. The summed E-state index contributed by atoms with van der Waals surface area (Å²) in [4.78, 5) is 16.6. The number of carbonyl (C=O) groups excluding carboxylic acids is 1. The Hall–Kier alpha value is -1.59. The minimum atomic E-state index is -0.243. The molecule has 2 N–H and O–H groups in total. The Morgan fingerprint density at radius 3 is 2.83 bits per heavy atom. The smallest absolute Gasteiger partial charge is 0.318 e. The maximum Gasteiger partial charge on any atom is 0.318 e. The first-order chi connectivity index (χ1) is 11.1. The van der Waals surface area contributed by atoms with Crippen molar-refractivity contribution in [2.75, 3.05) is 32.8 Å². The Balaban J connectivity index is 1.95. The molecule has 0 spiro atoms. The van der Waals surface area contributed by atoms with Gasteiger partial charge in [-0.1, -0.05) is 31.2 Å². The maximum absolute atomic E-state index is 12.5. The van der Waals surface area contributed by atoms with Crippen molar-refractivity contribution in [1.29, 1.82) is 0 Å². The number of amides is 2. The maximum atomic E-state index is 12.5. The number of hydrogen-bond donors (Lipinski definition) is 2. The zero-order chi connectivity index (χ0) is 16.8. The fourth-order valence-corrected chi connectivity index (χ4v) is 3.28. The van der Waals surface area contributed by atoms with E-state index in [2.05, 4.69) is 37.1 Å². The summed E-state index contributed by atoms with van der Waals surface area (Å²) in [6, 6.07) is 8.20. The Morgan fingerprint density at radius 2 is 2.17 bits per heavy atom. The molecule has 5 nitrogen and oxygen atoms in total. The van der Waals surface area contributed by atoms with Crippen LogP contribution in [0.25, 0.3) is 0 Å². The van der Waals surface area contributed by atoms with Crippen molar-refractivity contribution < 1.29 is 9.90 Å². The largest absolute Gasteiger partial charge is 0.394 e. The fourth-order valence-electron chi connectivity index (χ4n) is 3.28. The Morgan fingerprint density at radius 1 is 1.43 bits per heavy atom. The molecular weight excluding hydrogens is 290 g/mol. The molecule has 0 radical (unpaired) electrons. The van der Waals surface area contributed by atoms with Gasteiger partial charge in [0.05, 0.1) is 12.6 Å². The molecule has 1 atom stereocenters. The van der Waals surface area contributed by atoms with Crippen molar-refractivity contribution in [1.82, 2.24) is 15.1 Å². The van der Waals surface area contributed by atoms with Crippen LogP contribution < -0.4 is 5.32 Å². The number of aliphatic hydroxyl groups excluding tert-OH is 1. The first-order valence-electron chi connectivity index (χ1n) is 8.55. The van der Waals surface area contributed by atoms with Gasteiger partial charge >= 0.3 is 6.03 Å². The quantitative estimate of drug-likeness (QED) is 0.843. The summed E-state index contributed by atoms with van der Waals surface area (Å²) in [5.41, 5.74) is 2.29. The summed E-state index contributed by atoms with van der Waals surface area (Å²) < 4.78 is 0. The highest BCUT2D eigenvalue weighted by Crippen LogP contribution is 2.29. The number of likely N-dealkylation sites (N-methyl/N-ethyl adjacent to an activating group) is 1. The summed E-state index contributed by atoms with van der Waals surface area (Å²) in [6.45, 7) is 9.50. The third kappa shape index (κ3) is 4.24. The average molecular weight is 319 g/mol. The van der Waals surface area contributed by atoms with Crippen molar-refractivity contribution in [2.24, 2.45) is 0 Å². The Kier molecular flexibility index (Phi) is 6.42. The van der Waals surface area contributed by atoms with Crippen LogP contribution in [0.5, 0.6) is 0 Å². The molecule has 0 aliphatic carbocycles. The lowest BCUT2D eigenvalue weighted by molar-refractivity contribution is 0.125. The van der Waals surface area contributed by atoms with Crippen molar-refractivity contribution in [3.05, 3.63) is 35.4 Å². The Labute approximate surface area is 139 Å². The lowest BCUT2D eigenvalue weighted by Gasteiger charge is -2.36. The lowest BCUT2D eigenvalue weighted by Crippen LogP contribution is -2.48.